The fraction of sp³-hybridized carbons (Fsp3) is 0.700. The molecule has 0 radical (unpaired) electrons. The molecule has 1 fully saturated rings. The largest absolute Gasteiger partial charge is 0.339 e. The van der Waals surface area contributed by atoms with Crippen LogP contribution < -0.4 is 0 Å². The van der Waals surface area contributed by atoms with Crippen molar-refractivity contribution in [3.8, 4) is 0 Å². The number of hydrogen-bond donors (Lipinski definition) is 0. The summed E-state index contributed by atoms with van der Waals surface area (Å²) in [6.45, 7) is 6.34. The van der Waals surface area contributed by atoms with Crippen LogP contribution in [0.4, 0.5) is 0 Å². The van der Waals surface area contributed by atoms with Crippen molar-refractivity contribution in [3.63, 3.8) is 0 Å². The SMILES string of the molecule is C=CC(=O)N1CCC(CN(C)C)C1. The van der Waals surface area contributed by atoms with Crippen LogP contribution in [0.15, 0.2) is 12.7 Å². The Bertz CT molecular complexity index is 201. The molecule has 0 spiro atoms. The lowest BCUT2D eigenvalue weighted by molar-refractivity contribution is -0.125. The Labute approximate surface area is 80.0 Å². The van der Waals surface area contributed by atoms with Crippen molar-refractivity contribution >= 4 is 5.91 Å². The van der Waals surface area contributed by atoms with Gasteiger partial charge in [0.2, 0.25) is 5.91 Å². The average molecular weight is 182 g/mol. The number of nitrogens with zero attached hydrogens (tertiary/aromatic N) is 2. The number of amides is 1. The first-order chi connectivity index (χ1) is 6.13. The first-order valence-electron chi connectivity index (χ1n) is 4.69. The highest BCUT2D eigenvalue weighted by atomic mass is 16.2. The molecule has 0 saturated carbocycles. The zero-order chi connectivity index (χ0) is 9.84. The van der Waals surface area contributed by atoms with Gasteiger partial charge in [-0.3, -0.25) is 4.79 Å². The van der Waals surface area contributed by atoms with Crippen molar-refractivity contribution in [1.29, 1.82) is 0 Å². The van der Waals surface area contributed by atoms with E-state index in [4.69, 9.17) is 0 Å². The Kier molecular flexibility index (Phi) is 3.48. The first kappa shape index (κ1) is 10.3. The van der Waals surface area contributed by atoms with E-state index in [-0.39, 0.29) is 5.91 Å². The summed E-state index contributed by atoms with van der Waals surface area (Å²) in [7, 11) is 4.13. The van der Waals surface area contributed by atoms with E-state index in [0.717, 1.165) is 26.1 Å². The molecule has 0 N–H and O–H groups in total. The Balaban J connectivity index is 2.36. The van der Waals surface area contributed by atoms with Gasteiger partial charge >= 0.3 is 0 Å². The maximum atomic E-state index is 11.2. The van der Waals surface area contributed by atoms with Crippen molar-refractivity contribution in [2.45, 2.75) is 6.42 Å². The Morgan fingerprint density at radius 2 is 2.38 bits per heavy atom. The second kappa shape index (κ2) is 4.42. The fourth-order valence-corrected chi connectivity index (χ4v) is 1.83. The molecule has 0 aliphatic carbocycles. The molecular weight excluding hydrogens is 164 g/mol. The Morgan fingerprint density at radius 1 is 1.69 bits per heavy atom. The molecule has 0 aromatic carbocycles. The molecule has 1 aliphatic rings. The van der Waals surface area contributed by atoms with Crippen LogP contribution >= 0.6 is 0 Å². The van der Waals surface area contributed by atoms with Gasteiger partial charge in [-0.1, -0.05) is 6.58 Å². The molecule has 1 aliphatic heterocycles. The maximum absolute atomic E-state index is 11.2. The van der Waals surface area contributed by atoms with Crippen LogP contribution in [-0.2, 0) is 4.79 Å². The van der Waals surface area contributed by atoms with Gasteiger partial charge in [-0.15, -0.1) is 0 Å². The topological polar surface area (TPSA) is 23.6 Å². The smallest absolute Gasteiger partial charge is 0.245 e. The highest BCUT2D eigenvalue weighted by molar-refractivity contribution is 5.87. The van der Waals surface area contributed by atoms with E-state index >= 15 is 0 Å². The number of likely N-dealkylation sites (tertiary alicyclic amines) is 1. The number of carbonyl (C=O) groups excluding carboxylic acids is 1. The zero-order valence-electron chi connectivity index (χ0n) is 8.49. The molecule has 13 heavy (non-hydrogen) atoms. The summed E-state index contributed by atoms with van der Waals surface area (Å²) >= 11 is 0. The average Bonchev–Trinajstić information content (AvgIpc) is 2.50. The van der Waals surface area contributed by atoms with Gasteiger partial charge in [0.1, 0.15) is 0 Å². The third-order valence-corrected chi connectivity index (χ3v) is 2.40. The molecule has 1 amide bonds. The molecule has 74 valence electrons. The quantitative estimate of drug-likeness (QED) is 0.596. The minimum absolute atomic E-state index is 0.0706. The van der Waals surface area contributed by atoms with Crippen molar-refractivity contribution < 1.29 is 4.79 Å². The Hall–Kier alpha value is -0.830. The monoisotopic (exact) mass is 182 g/mol. The van der Waals surface area contributed by atoms with Gasteiger partial charge in [0.25, 0.3) is 0 Å². The standard InChI is InChI=1S/C10H18N2O/c1-4-10(13)12-6-5-9(8-12)7-11(2)3/h4,9H,1,5-8H2,2-3H3. The molecule has 0 bridgehead atoms. The predicted molar refractivity (Wildman–Crippen MR) is 53.4 cm³/mol. The van der Waals surface area contributed by atoms with Gasteiger partial charge in [0.15, 0.2) is 0 Å². The van der Waals surface area contributed by atoms with Crippen LogP contribution in [0.1, 0.15) is 6.42 Å². The fourth-order valence-electron chi connectivity index (χ4n) is 1.83. The maximum Gasteiger partial charge on any atom is 0.245 e. The molecule has 1 unspecified atom stereocenters. The summed E-state index contributed by atoms with van der Waals surface area (Å²) in [6.07, 6.45) is 2.52. The molecule has 1 heterocycles. The number of hydrogen-bond acceptors (Lipinski definition) is 2. The number of rotatable bonds is 3. The van der Waals surface area contributed by atoms with Crippen LogP contribution in [0, 0.1) is 5.92 Å². The van der Waals surface area contributed by atoms with E-state index in [9.17, 15) is 4.79 Å². The van der Waals surface area contributed by atoms with Gasteiger partial charge in [0, 0.05) is 19.6 Å². The van der Waals surface area contributed by atoms with Crippen molar-refractivity contribution in [2.75, 3.05) is 33.7 Å². The molecule has 0 aromatic heterocycles. The summed E-state index contributed by atoms with van der Waals surface area (Å²) < 4.78 is 0. The van der Waals surface area contributed by atoms with Gasteiger partial charge in [-0.05, 0) is 32.5 Å². The predicted octanol–water partition coefficient (Wildman–Crippen LogP) is 0.583. The third kappa shape index (κ3) is 2.84. The lowest BCUT2D eigenvalue weighted by atomic mass is 10.1. The normalized spacial score (nSPS) is 22.4. The summed E-state index contributed by atoms with van der Waals surface area (Å²) in [5.74, 6) is 0.708. The van der Waals surface area contributed by atoms with Gasteiger partial charge in [-0.25, -0.2) is 0 Å². The van der Waals surface area contributed by atoms with E-state index in [1.165, 1.54) is 6.08 Å². The zero-order valence-corrected chi connectivity index (χ0v) is 8.49. The van der Waals surface area contributed by atoms with E-state index in [0.29, 0.717) is 5.92 Å². The van der Waals surface area contributed by atoms with Gasteiger partial charge < -0.3 is 9.80 Å². The summed E-state index contributed by atoms with van der Waals surface area (Å²) in [5.41, 5.74) is 0. The van der Waals surface area contributed by atoms with Crippen LogP contribution in [0.2, 0.25) is 0 Å². The van der Waals surface area contributed by atoms with E-state index in [1.54, 1.807) is 0 Å². The van der Waals surface area contributed by atoms with Crippen molar-refractivity contribution in [2.24, 2.45) is 5.92 Å². The second-order valence-electron chi connectivity index (χ2n) is 3.91. The van der Waals surface area contributed by atoms with Crippen LogP contribution in [0.3, 0.4) is 0 Å². The third-order valence-electron chi connectivity index (χ3n) is 2.40. The van der Waals surface area contributed by atoms with Crippen LogP contribution in [0.25, 0.3) is 0 Å². The first-order valence-corrected chi connectivity index (χ1v) is 4.69. The summed E-state index contributed by atoms with van der Waals surface area (Å²) in [4.78, 5) is 15.3. The number of carbonyl (C=O) groups is 1. The highest BCUT2D eigenvalue weighted by Gasteiger charge is 2.24. The summed E-state index contributed by atoms with van der Waals surface area (Å²) in [6, 6.07) is 0. The van der Waals surface area contributed by atoms with Crippen molar-refractivity contribution in [3.05, 3.63) is 12.7 Å². The minimum Gasteiger partial charge on any atom is -0.339 e. The van der Waals surface area contributed by atoms with E-state index in [1.807, 2.05) is 4.90 Å². The van der Waals surface area contributed by atoms with Crippen LogP contribution in [0.5, 0.6) is 0 Å². The molecule has 1 atom stereocenters. The van der Waals surface area contributed by atoms with Gasteiger partial charge in [-0.2, -0.15) is 0 Å². The molecule has 0 aromatic rings. The molecule has 1 saturated heterocycles. The van der Waals surface area contributed by atoms with Gasteiger partial charge in [0.05, 0.1) is 0 Å². The molecule has 1 rings (SSSR count). The van der Waals surface area contributed by atoms with E-state index < -0.39 is 0 Å². The molecule has 3 heteroatoms. The molecule has 3 nitrogen and oxygen atoms in total. The Morgan fingerprint density at radius 3 is 2.92 bits per heavy atom. The second-order valence-corrected chi connectivity index (χ2v) is 3.91. The van der Waals surface area contributed by atoms with E-state index in [2.05, 4.69) is 25.6 Å². The minimum atomic E-state index is 0.0706. The van der Waals surface area contributed by atoms with Crippen LogP contribution in [-0.4, -0.2) is 49.4 Å². The summed E-state index contributed by atoms with van der Waals surface area (Å²) in [5, 5.41) is 0. The lowest BCUT2D eigenvalue weighted by Crippen LogP contribution is -2.29. The lowest BCUT2D eigenvalue weighted by Gasteiger charge is -2.17. The highest BCUT2D eigenvalue weighted by Crippen LogP contribution is 2.16. The molecular formula is C10H18N2O. The van der Waals surface area contributed by atoms with Crippen molar-refractivity contribution in [1.82, 2.24) is 9.80 Å².